The van der Waals surface area contributed by atoms with Crippen LogP contribution in [-0.4, -0.2) is 24.9 Å². The van der Waals surface area contributed by atoms with E-state index in [9.17, 15) is 30.3 Å². The minimum Gasteiger partial charge on any atom is -0.497 e. The number of hydrogen-bond acceptors (Lipinski definition) is 8. The molecule has 3 aromatic rings. The highest BCUT2D eigenvalue weighted by molar-refractivity contribution is 5.78. The topological polar surface area (TPSA) is 163 Å². The minimum absolute atomic E-state index is 0.447. The molecule has 0 aliphatic rings. The largest absolute Gasteiger partial charge is 0.497 e. The van der Waals surface area contributed by atoms with Gasteiger partial charge in [0.15, 0.2) is 0 Å². The van der Waals surface area contributed by atoms with Crippen molar-refractivity contribution in [3.63, 3.8) is 0 Å². The molecule has 0 saturated heterocycles. The van der Waals surface area contributed by atoms with Crippen LogP contribution in [0.3, 0.4) is 0 Å². The van der Waals surface area contributed by atoms with E-state index in [1.165, 1.54) is 5.39 Å². The van der Waals surface area contributed by atoms with E-state index in [0.29, 0.717) is 12.1 Å². The van der Waals surface area contributed by atoms with Crippen molar-refractivity contribution in [2.24, 2.45) is 0 Å². The van der Waals surface area contributed by atoms with Gasteiger partial charge in [-0.25, -0.2) is 0 Å². The minimum atomic E-state index is -1.21. The Kier molecular flexibility index (Phi) is 5.56. The molecule has 27 heavy (non-hydrogen) atoms. The Balaban J connectivity index is 0.000000206. The van der Waals surface area contributed by atoms with Gasteiger partial charge in [-0.2, -0.15) is 0 Å². The zero-order valence-electron chi connectivity index (χ0n) is 13.8. The van der Waals surface area contributed by atoms with Gasteiger partial charge in [-0.05, 0) is 19.1 Å². The number of rotatable bonds is 3. The zero-order chi connectivity index (χ0) is 20.1. The molecule has 0 aliphatic carbocycles. The van der Waals surface area contributed by atoms with Gasteiger partial charge in [0.05, 0.1) is 32.4 Å². The lowest BCUT2D eigenvalue weighted by Crippen LogP contribution is -1.97. The summed E-state index contributed by atoms with van der Waals surface area (Å²) in [6, 6.07) is 13.2. The fraction of sp³-hybridized carbons (Fsp3) is 0.0625. The SMILES string of the molecule is Cc1ccc2ccccc2n1.O=[N+]([O-])c1cc([N+](=O)[O-])c(O)c([N+](=O)[O-])c1. The van der Waals surface area contributed by atoms with Gasteiger partial charge in [-0.15, -0.1) is 0 Å². The van der Waals surface area contributed by atoms with E-state index < -0.39 is 37.6 Å². The Morgan fingerprint density at radius 1 is 0.852 bits per heavy atom. The molecule has 0 amide bonds. The first kappa shape index (κ1) is 19.2. The van der Waals surface area contributed by atoms with Crippen molar-refractivity contribution in [1.29, 1.82) is 0 Å². The van der Waals surface area contributed by atoms with Crippen LogP contribution >= 0.6 is 0 Å². The first-order valence-electron chi connectivity index (χ1n) is 7.33. The number of nitrogens with zero attached hydrogens (tertiary/aromatic N) is 4. The summed E-state index contributed by atoms with van der Waals surface area (Å²) >= 11 is 0. The summed E-state index contributed by atoms with van der Waals surface area (Å²) in [6.07, 6.45) is 0. The van der Waals surface area contributed by atoms with Crippen LogP contribution in [0.4, 0.5) is 17.1 Å². The maximum absolute atomic E-state index is 10.4. The third-order valence-corrected chi connectivity index (χ3v) is 3.40. The van der Waals surface area contributed by atoms with E-state index in [-0.39, 0.29) is 0 Å². The van der Waals surface area contributed by atoms with Crippen molar-refractivity contribution in [2.75, 3.05) is 0 Å². The fourth-order valence-corrected chi connectivity index (χ4v) is 2.14. The van der Waals surface area contributed by atoms with Gasteiger partial charge in [-0.3, -0.25) is 35.3 Å². The van der Waals surface area contributed by atoms with Crippen LogP contribution in [0.25, 0.3) is 10.9 Å². The van der Waals surface area contributed by atoms with Gasteiger partial charge in [0, 0.05) is 11.1 Å². The maximum atomic E-state index is 10.4. The Morgan fingerprint density at radius 2 is 1.41 bits per heavy atom. The number of non-ortho nitro benzene ring substituents is 1. The fourth-order valence-electron chi connectivity index (χ4n) is 2.14. The molecule has 11 heteroatoms. The van der Waals surface area contributed by atoms with Crippen LogP contribution in [-0.2, 0) is 0 Å². The van der Waals surface area contributed by atoms with E-state index in [4.69, 9.17) is 5.11 Å². The molecule has 0 aliphatic heterocycles. The van der Waals surface area contributed by atoms with Gasteiger partial charge in [0.25, 0.3) is 11.4 Å². The molecule has 138 valence electrons. The molecular weight excluding hydrogens is 360 g/mol. The standard InChI is InChI=1S/C10H9N.C6H3N3O7/c1-8-6-7-9-4-2-3-5-10(9)11-8;10-6-4(8(13)14)1-3(7(11)12)2-5(6)9(15)16/h2-7H,1H3;1-2,10H. The Morgan fingerprint density at radius 3 is 1.93 bits per heavy atom. The lowest BCUT2D eigenvalue weighted by atomic mass is 10.2. The predicted molar refractivity (Wildman–Crippen MR) is 94.6 cm³/mol. The lowest BCUT2D eigenvalue weighted by molar-refractivity contribution is -0.404. The molecule has 0 bridgehead atoms. The normalized spacial score (nSPS) is 9.96. The van der Waals surface area contributed by atoms with E-state index in [0.717, 1.165) is 11.2 Å². The summed E-state index contributed by atoms with van der Waals surface area (Å²) in [5.41, 5.74) is -0.853. The molecule has 0 saturated carbocycles. The molecule has 0 atom stereocenters. The number of nitro benzene ring substituents is 3. The maximum Gasteiger partial charge on any atom is 0.324 e. The van der Waals surface area contributed by atoms with Crippen LogP contribution in [0.5, 0.6) is 5.75 Å². The smallest absolute Gasteiger partial charge is 0.324 e. The monoisotopic (exact) mass is 372 g/mol. The number of aromatic nitrogens is 1. The summed E-state index contributed by atoms with van der Waals surface area (Å²) in [4.78, 5) is 32.1. The van der Waals surface area contributed by atoms with Gasteiger partial charge in [0.2, 0.25) is 0 Å². The first-order valence-corrected chi connectivity index (χ1v) is 7.33. The van der Waals surface area contributed by atoms with E-state index in [2.05, 4.69) is 17.1 Å². The number of fused-ring (bicyclic) bond motifs is 1. The summed E-state index contributed by atoms with van der Waals surface area (Å²) in [7, 11) is 0. The Hall–Kier alpha value is -4.15. The summed E-state index contributed by atoms with van der Waals surface area (Å²) < 4.78 is 0. The van der Waals surface area contributed by atoms with E-state index in [1.807, 2.05) is 31.2 Å². The molecule has 2 aromatic carbocycles. The Bertz CT molecular complexity index is 1020. The van der Waals surface area contributed by atoms with Crippen molar-refractivity contribution >= 4 is 28.0 Å². The molecule has 0 spiro atoms. The molecule has 0 fully saturated rings. The second-order valence-corrected chi connectivity index (χ2v) is 5.25. The molecular formula is C16H12N4O7. The third kappa shape index (κ3) is 4.48. The predicted octanol–water partition coefficient (Wildman–Crippen LogP) is 3.66. The van der Waals surface area contributed by atoms with Crippen LogP contribution < -0.4 is 0 Å². The quantitative estimate of drug-likeness (QED) is 0.537. The summed E-state index contributed by atoms with van der Waals surface area (Å²) in [6.45, 7) is 2.01. The number of benzene rings is 2. The van der Waals surface area contributed by atoms with Crippen LogP contribution in [0.2, 0.25) is 0 Å². The summed E-state index contributed by atoms with van der Waals surface area (Å²) in [5, 5.41) is 41.4. The van der Waals surface area contributed by atoms with Gasteiger partial charge in [-0.1, -0.05) is 24.3 Å². The number of phenols is 1. The van der Waals surface area contributed by atoms with Crippen LogP contribution in [0.1, 0.15) is 5.69 Å². The molecule has 3 rings (SSSR count). The van der Waals surface area contributed by atoms with Gasteiger partial charge in [0.1, 0.15) is 0 Å². The number of aryl methyl sites for hydroxylation is 1. The lowest BCUT2D eigenvalue weighted by Gasteiger charge is -1.97. The summed E-state index contributed by atoms with van der Waals surface area (Å²) in [5.74, 6) is -1.21. The average molecular weight is 372 g/mol. The van der Waals surface area contributed by atoms with E-state index in [1.54, 1.807) is 0 Å². The van der Waals surface area contributed by atoms with Crippen molar-refractivity contribution in [2.45, 2.75) is 6.92 Å². The molecule has 1 heterocycles. The van der Waals surface area contributed by atoms with Crippen molar-refractivity contribution in [3.05, 3.63) is 84.6 Å². The number of pyridine rings is 1. The zero-order valence-corrected chi connectivity index (χ0v) is 13.8. The van der Waals surface area contributed by atoms with Crippen LogP contribution in [0.15, 0.2) is 48.5 Å². The highest BCUT2D eigenvalue weighted by Gasteiger charge is 2.30. The first-order chi connectivity index (χ1) is 12.7. The highest BCUT2D eigenvalue weighted by atomic mass is 16.6. The highest BCUT2D eigenvalue weighted by Crippen LogP contribution is 2.38. The number of hydrogen-bond donors (Lipinski definition) is 1. The average Bonchev–Trinajstić information content (AvgIpc) is 2.61. The third-order valence-electron chi connectivity index (χ3n) is 3.40. The second kappa shape index (κ2) is 7.82. The van der Waals surface area contributed by atoms with Gasteiger partial charge >= 0.3 is 11.4 Å². The molecule has 0 radical (unpaired) electrons. The molecule has 11 nitrogen and oxygen atoms in total. The number of aromatic hydroxyl groups is 1. The van der Waals surface area contributed by atoms with Crippen molar-refractivity contribution < 1.29 is 19.9 Å². The Labute approximate surface area is 151 Å². The number of para-hydroxylation sites is 1. The second-order valence-electron chi connectivity index (χ2n) is 5.25. The number of nitro groups is 3. The molecule has 0 unspecified atom stereocenters. The van der Waals surface area contributed by atoms with Crippen molar-refractivity contribution in [1.82, 2.24) is 4.98 Å². The van der Waals surface area contributed by atoms with Crippen LogP contribution in [0, 0.1) is 37.3 Å². The molecule has 1 aromatic heterocycles. The molecule has 1 N–H and O–H groups in total. The van der Waals surface area contributed by atoms with E-state index >= 15 is 0 Å². The number of phenolic OH excluding ortho intramolecular Hbond substituents is 1. The van der Waals surface area contributed by atoms with Gasteiger partial charge < -0.3 is 5.11 Å². The van der Waals surface area contributed by atoms with Crippen molar-refractivity contribution in [3.8, 4) is 5.75 Å².